The molecule has 3 aromatic carbocycles. The maximum Gasteiger partial charge on any atom is 0.317 e. The highest BCUT2D eigenvalue weighted by Gasteiger charge is 2.45. The third kappa shape index (κ3) is 2.80. The summed E-state index contributed by atoms with van der Waals surface area (Å²) in [6, 6.07) is 26.4. The summed E-state index contributed by atoms with van der Waals surface area (Å²) in [7, 11) is 0. The molecule has 0 saturated heterocycles. The van der Waals surface area contributed by atoms with Gasteiger partial charge in [0.1, 0.15) is 5.76 Å². The molecule has 2 aliphatic rings. The maximum atomic E-state index is 13.2. The molecule has 3 heteroatoms. The van der Waals surface area contributed by atoms with Crippen molar-refractivity contribution in [2.75, 3.05) is 5.32 Å². The molecule has 2 aliphatic heterocycles. The number of carbonyl (C=O) groups is 1. The molecule has 0 bridgehead atoms. The highest BCUT2D eigenvalue weighted by atomic mass is 16.5. The van der Waals surface area contributed by atoms with Gasteiger partial charge in [0, 0.05) is 17.2 Å². The average molecular weight is 367 g/mol. The van der Waals surface area contributed by atoms with E-state index in [1.54, 1.807) is 0 Å². The van der Waals surface area contributed by atoms with E-state index >= 15 is 0 Å². The first-order valence-electron chi connectivity index (χ1n) is 9.62. The van der Waals surface area contributed by atoms with Crippen molar-refractivity contribution < 1.29 is 9.53 Å². The molecule has 3 nitrogen and oxygen atoms in total. The van der Waals surface area contributed by atoms with E-state index in [1.165, 1.54) is 5.56 Å². The molecular weight excluding hydrogens is 346 g/mol. The molecule has 5 rings (SSSR count). The molecule has 0 amide bonds. The van der Waals surface area contributed by atoms with E-state index in [2.05, 4.69) is 42.6 Å². The van der Waals surface area contributed by atoms with Crippen LogP contribution in [0.1, 0.15) is 34.2 Å². The molecule has 28 heavy (non-hydrogen) atoms. The molecule has 3 atom stereocenters. The maximum absolute atomic E-state index is 13.2. The zero-order valence-corrected chi connectivity index (χ0v) is 15.6. The Kier molecular flexibility index (Phi) is 4.01. The number of hydrogen-bond donors (Lipinski definition) is 1. The van der Waals surface area contributed by atoms with Gasteiger partial charge in [-0.05, 0) is 30.2 Å². The van der Waals surface area contributed by atoms with Crippen LogP contribution in [0.3, 0.4) is 0 Å². The van der Waals surface area contributed by atoms with Crippen molar-refractivity contribution >= 4 is 17.4 Å². The third-order valence-corrected chi connectivity index (χ3v) is 5.69. The van der Waals surface area contributed by atoms with Crippen molar-refractivity contribution in [1.82, 2.24) is 0 Å². The predicted molar refractivity (Wildman–Crippen MR) is 111 cm³/mol. The summed E-state index contributed by atoms with van der Waals surface area (Å²) in [6.45, 7) is 2.05. The van der Waals surface area contributed by atoms with Gasteiger partial charge in [0.15, 0.2) is 0 Å². The lowest BCUT2D eigenvalue weighted by Crippen LogP contribution is -2.39. The Morgan fingerprint density at radius 2 is 1.57 bits per heavy atom. The number of aryl methyl sites for hydroxylation is 1. The van der Waals surface area contributed by atoms with E-state index in [0.29, 0.717) is 5.76 Å². The number of ether oxygens (including phenoxy) is 1. The summed E-state index contributed by atoms with van der Waals surface area (Å²) in [5.41, 5.74) is 5.43. The first-order chi connectivity index (χ1) is 13.7. The van der Waals surface area contributed by atoms with Crippen LogP contribution in [0.5, 0.6) is 0 Å². The number of fused-ring (bicyclic) bond motifs is 3. The predicted octanol–water partition coefficient (Wildman–Crippen LogP) is 5.46. The van der Waals surface area contributed by atoms with E-state index in [9.17, 15) is 4.79 Å². The molecule has 0 aromatic heterocycles. The first-order valence-corrected chi connectivity index (χ1v) is 9.62. The second kappa shape index (κ2) is 6.68. The minimum Gasteiger partial charge on any atom is -0.426 e. The van der Waals surface area contributed by atoms with E-state index < -0.39 is 0 Å². The number of nitrogens with one attached hydrogen (secondary N) is 1. The highest BCUT2D eigenvalue weighted by molar-refractivity contribution is 5.87. The number of anilines is 1. The normalized spacial score (nSPS) is 23.0. The van der Waals surface area contributed by atoms with Gasteiger partial charge in [-0.2, -0.15) is 0 Å². The van der Waals surface area contributed by atoms with Gasteiger partial charge in [0.05, 0.1) is 12.0 Å². The SMILES string of the molecule is Cc1ccc(C2=C[C@@H]3c4ccccc4N[C@@H](c4ccccc4)[C@@H]3C(=O)O2)cc1. The van der Waals surface area contributed by atoms with Crippen molar-refractivity contribution in [3.8, 4) is 0 Å². The van der Waals surface area contributed by atoms with Gasteiger partial charge in [-0.15, -0.1) is 0 Å². The lowest BCUT2D eigenvalue weighted by molar-refractivity contribution is -0.143. The van der Waals surface area contributed by atoms with Crippen LogP contribution < -0.4 is 5.32 Å². The highest BCUT2D eigenvalue weighted by Crippen LogP contribution is 2.49. The summed E-state index contributed by atoms with van der Waals surface area (Å²) in [6.07, 6.45) is 2.12. The molecule has 0 unspecified atom stereocenters. The van der Waals surface area contributed by atoms with Crippen LogP contribution in [-0.4, -0.2) is 5.97 Å². The number of carbonyl (C=O) groups excluding carboxylic acids is 1. The van der Waals surface area contributed by atoms with Crippen LogP contribution in [0, 0.1) is 12.8 Å². The van der Waals surface area contributed by atoms with Gasteiger partial charge in [0.25, 0.3) is 0 Å². The fraction of sp³-hybridized carbons (Fsp3) is 0.160. The van der Waals surface area contributed by atoms with Crippen molar-refractivity contribution in [1.29, 1.82) is 0 Å². The molecule has 3 aromatic rings. The molecule has 0 radical (unpaired) electrons. The number of benzene rings is 3. The molecule has 138 valence electrons. The van der Waals surface area contributed by atoms with E-state index in [0.717, 1.165) is 22.4 Å². The van der Waals surface area contributed by atoms with Gasteiger partial charge < -0.3 is 10.1 Å². The summed E-state index contributed by atoms with van der Waals surface area (Å²) < 4.78 is 5.83. The Morgan fingerprint density at radius 1 is 0.857 bits per heavy atom. The van der Waals surface area contributed by atoms with Gasteiger partial charge in [0.2, 0.25) is 0 Å². The van der Waals surface area contributed by atoms with Crippen molar-refractivity contribution in [3.63, 3.8) is 0 Å². The zero-order chi connectivity index (χ0) is 19.1. The van der Waals surface area contributed by atoms with Gasteiger partial charge in [-0.3, -0.25) is 4.79 Å². The third-order valence-electron chi connectivity index (χ3n) is 5.69. The molecule has 0 fully saturated rings. The quantitative estimate of drug-likeness (QED) is 0.611. The van der Waals surface area contributed by atoms with Crippen molar-refractivity contribution in [2.45, 2.75) is 18.9 Å². The summed E-state index contributed by atoms with van der Waals surface area (Å²) in [5.74, 6) is 0.139. The van der Waals surface area contributed by atoms with E-state index in [1.807, 2.05) is 54.6 Å². The fourth-order valence-electron chi connectivity index (χ4n) is 4.25. The number of esters is 1. The largest absolute Gasteiger partial charge is 0.426 e. The molecule has 0 spiro atoms. The van der Waals surface area contributed by atoms with Crippen molar-refractivity contribution in [2.24, 2.45) is 5.92 Å². The summed E-state index contributed by atoms with van der Waals surface area (Å²) >= 11 is 0. The molecular formula is C25H21NO2. The second-order valence-corrected chi connectivity index (χ2v) is 7.49. The van der Waals surface area contributed by atoms with Crippen LogP contribution in [-0.2, 0) is 9.53 Å². The van der Waals surface area contributed by atoms with Gasteiger partial charge in [-0.1, -0.05) is 78.4 Å². The van der Waals surface area contributed by atoms with Gasteiger partial charge in [-0.25, -0.2) is 0 Å². The lowest BCUT2D eigenvalue weighted by atomic mass is 9.73. The fourth-order valence-corrected chi connectivity index (χ4v) is 4.25. The molecule has 0 aliphatic carbocycles. The minimum atomic E-state index is -0.300. The Morgan fingerprint density at radius 3 is 2.36 bits per heavy atom. The van der Waals surface area contributed by atoms with Crippen LogP contribution in [0.25, 0.3) is 5.76 Å². The van der Waals surface area contributed by atoms with Crippen LogP contribution in [0.15, 0.2) is 84.9 Å². The zero-order valence-electron chi connectivity index (χ0n) is 15.6. The lowest BCUT2D eigenvalue weighted by Gasteiger charge is -2.40. The summed E-state index contributed by atoms with van der Waals surface area (Å²) in [4.78, 5) is 13.2. The number of para-hydroxylation sites is 1. The number of hydrogen-bond acceptors (Lipinski definition) is 3. The minimum absolute atomic E-state index is 0.0276. The topological polar surface area (TPSA) is 38.3 Å². The number of allylic oxidation sites excluding steroid dienone is 1. The van der Waals surface area contributed by atoms with Crippen LogP contribution >= 0.6 is 0 Å². The summed E-state index contributed by atoms with van der Waals surface area (Å²) in [5, 5.41) is 3.57. The van der Waals surface area contributed by atoms with E-state index in [4.69, 9.17) is 4.74 Å². The Balaban J connectivity index is 1.64. The Bertz CT molecular complexity index is 1050. The van der Waals surface area contributed by atoms with Crippen LogP contribution in [0.4, 0.5) is 5.69 Å². The average Bonchev–Trinajstić information content (AvgIpc) is 2.74. The number of rotatable bonds is 2. The Hall–Kier alpha value is -3.33. The monoisotopic (exact) mass is 367 g/mol. The smallest absolute Gasteiger partial charge is 0.317 e. The Labute approximate surface area is 164 Å². The van der Waals surface area contributed by atoms with Crippen LogP contribution in [0.2, 0.25) is 0 Å². The van der Waals surface area contributed by atoms with Crippen molar-refractivity contribution in [3.05, 3.63) is 107 Å². The molecule has 2 heterocycles. The van der Waals surface area contributed by atoms with E-state index in [-0.39, 0.29) is 23.8 Å². The van der Waals surface area contributed by atoms with Gasteiger partial charge >= 0.3 is 5.97 Å². The second-order valence-electron chi connectivity index (χ2n) is 7.49. The number of cyclic esters (lactones) is 1. The standard InChI is InChI=1S/C25H21NO2/c1-16-11-13-17(14-12-16)22-15-20-19-9-5-6-10-21(19)26-24(23(20)25(27)28-22)18-7-3-2-4-8-18/h2-15,20,23-24,26H,1H3/t20-,23-,24+/m1/s1. The first kappa shape index (κ1) is 16.8. The molecule has 1 N–H and O–H groups in total. The molecule has 0 saturated carbocycles.